The van der Waals surface area contributed by atoms with E-state index in [1.54, 1.807) is 0 Å². The molecule has 3 N–H and O–H groups in total. The Kier molecular flexibility index (Phi) is 36.2. The number of carbonyl (C=O) groups is 4. The van der Waals surface area contributed by atoms with Crippen molar-refractivity contribution in [2.24, 2.45) is 0 Å². The van der Waals surface area contributed by atoms with Gasteiger partial charge in [-0.25, -0.2) is 0 Å². The first-order chi connectivity index (χ1) is 22.9. The molecule has 0 amide bonds. The van der Waals surface area contributed by atoms with Crippen molar-refractivity contribution in [1.82, 2.24) is 0 Å². The zero-order valence-corrected chi connectivity index (χ0v) is 31.5. The molecule has 0 unspecified atom stereocenters. The third kappa shape index (κ3) is 48.3. The van der Waals surface area contributed by atoms with Crippen LogP contribution in [0.25, 0.3) is 0 Å². The Morgan fingerprint density at radius 2 is 0.500 bits per heavy atom. The largest absolute Gasteiger partial charge is 0.481 e. The Balaban J connectivity index is 0. The maximum atomic E-state index is 11.6. The number of carboxylic acids is 3. The molecule has 0 aliphatic heterocycles. The fourth-order valence-corrected chi connectivity index (χ4v) is 5.73. The molecule has 0 spiro atoms. The molecule has 0 aromatic heterocycles. The highest BCUT2D eigenvalue weighted by Gasteiger charge is 2.15. The molecule has 0 rings (SSSR count). The van der Waals surface area contributed by atoms with Crippen molar-refractivity contribution in [3.8, 4) is 0 Å². The van der Waals surface area contributed by atoms with Crippen LogP contribution in [0.5, 0.6) is 0 Å². The van der Waals surface area contributed by atoms with Crippen LogP contribution in [0.4, 0.5) is 0 Å². The second-order valence-corrected chi connectivity index (χ2v) is 14.7. The van der Waals surface area contributed by atoms with Crippen LogP contribution < -0.4 is 0 Å². The molecule has 0 aromatic rings. The van der Waals surface area contributed by atoms with E-state index in [0.29, 0.717) is 25.7 Å². The molecule has 48 heavy (non-hydrogen) atoms. The van der Waals surface area contributed by atoms with Gasteiger partial charge in [-0.1, -0.05) is 154 Å². The Hall–Kier alpha value is -2.12. The molecule has 0 heterocycles. The number of hydrogen-bond donors (Lipinski definition) is 3. The molecule has 0 atom stereocenters. The normalized spacial score (nSPS) is 11.1. The van der Waals surface area contributed by atoms with E-state index < -0.39 is 17.9 Å². The van der Waals surface area contributed by atoms with Gasteiger partial charge in [-0.05, 0) is 46.5 Å². The standard InChI is InChI=1S/C22H42O4.C18H34O4/c1-22(2,3)26-21(25)19-17-15-13-11-9-7-5-4-6-8-10-12-14-16-18-20(23)24;19-17(20)15-13-11-9-7-5-3-1-2-4-6-8-10-12-14-16-18(21)22/h4-19H2,1-3H3,(H,23,24);1-16H2,(H,19,20)(H,21,22). The van der Waals surface area contributed by atoms with Gasteiger partial charge in [-0.3, -0.25) is 19.2 Å². The van der Waals surface area contributed by atoms with E-state index in [4.69, 9.17) is 20.1 Å². The number of rotatable bonds is 34. The molecular weight excluding hydrogens is 608 g/mol. The van der Waals surface area contributed by atoms with E-state index in [2.05, 4.69) is 0 Å². The predicted octanol–water partition coefficient (Wildman–Crippen LogP) is 12.1. The van der Waals surface area contributed by atoms with Crippen LogP contribution in [-0.4, -0.2) is 44.8 Å². The van der Waals surface area contributed by atoms with Gasteiger partial charge in [0.1, 0.15) is 5.60 Å². The van der Waals surface area contributed by atoms with Crippen LogP contribution in [0, 0.1) is 0 Å². The van der Waals surface area contributed by atoms with Crippen LogP contribution >= 0.6 is 0 Å². The molecule has 0 saturated heterocycles. The number of hydrogen-bond acceptors (Lipinski definition) is 5. The Morgan fingerprint density at radius 1 is 0.333 bits per heavy atom. The SMILES string of the molecule is CC(C)(C)OC(=O)CCCCCCCCCCCCCCCCC(=O)O.O=C(O)CCCCCCCCCCCCCCCCC(=O)O. The Morgan fingerprint density at radius 3 is 0.667 bits per heavy atom. The average Bonchev–Trinajstić information content (AvgIpc) is 2.99. The third-order valence-corrected chi connectivity index (χ3v) is 8.47. The summed E-state index contributed by atoms with van der Waals surface area (Å²) in [4.78, 5) is 42.6. The van der Waals surface area contributed by atoms with Crippen LogP contribution in [0.3, 0.4) is 0 Å². The molecule has 8 nitrogen and oxygen atoms in total. The zero-order valence-electron chi connectivity index (χ0n) is 31.5. The van der Waals surface area contributed by atoms with Crippen molar-refractivity contribution < 1.29 is 39.2 Å². The van der Waals surface area contributed by atoms with Crippen molar-refractivity contribution in [2.45, 2.75) is 232 Å². The maximum Gasteiger partial charge on any atom is 0.306 e. The fraction of sp³-hybridized carbons (Fsp3) is 0.900. The van der Waals surface area contributed by atoms with Gasteiger partial charge in [-0.2, -0.15) is 0 Å². The number of carbonyl (C=O) groups excluding carboxylic acids is 1. The van der Waals surface area contributed by atoms with Crippen molar-refractivity contribution in [1.29, 1.82) is 0 Å². The van der Waals surface area contributed by atoms with Gasteiger partial charge in [0, 0.05) is 25.7 Å². The van der Waals surface area contributed by atoms with Crippen molar-refractivity contribution in [3.05, 3.63) is 0 Å². The summed E-state index contributed by atoms with van der Waals surface area (Å²) in [6.45, 7) is 5.73. The summed E-state index contributed by atoms with van der Waals surface area (Å²) in [6.07, 6.45) is 34.6. The monoisotopic (exact) mass is 685 g/mol. The topological polar surface area (TPSA) is 138 Å². The van der Waals surface area contributed by atoms with E-state index in [1.807, 2.05) is 20.8 Å². The molecule has 0 radical (unpaired) electrons. The number of ether oxygens (including phenoxy) is 1. The van der Waals surface area contributed by atoms with E-state index in [-0.39, 0.29) is 11.6 Å². The molecule has 0 aliphatic carbocycles. The first-order valence-electron chi connectivity index (χ1n) is 19.8. The van der Waals surface area contributed by atoms with Crippen molar-refractivity contribution in [3.63, 3.8) is 0 Å². The summed E-state index contributed by atoms with van der Waals surface area (Å²) in [5.74, 6) is -2.10. The number of esters is 1. The van der Waals surface area contributed by atoms with Crippen LogP contribution in [0.15, 0.2) is 0 Å². The summed E-state index contributed by atoms with van der Waals surface area (Å²) in [6, 6.07) is 0. The Labute approximate surface area is 294 Å². The molecule has 8 heteroatoms. The van der Waals surface area contributed by atoms with Crippen molar-refractivity contribution >= 4 is 23.9 Å². The highest BCUT2D eigenvalue weighted by Crippen LogP contribution is 2.16. The van der Waals surface area contributed by atoms with E-state index in [0.717, 1.165) is 51.4 Å². The number of carboxylic acid groups (broad SMARTS) is 3. The van der Waals surface area contributed by atoms with E-state index in [9.17, 15) is 19.2 Å². The fourth-order valence-electron chi connectivity index (χ4n) is 5.73. The summed E-state index contributed by atoms with van der Waals surface area (Å²) in [5, 5.41) is 25.6. The number of aliphatic carboxylic acids is 3. The van der Waals surface area contributed by atoms with E-state index >= 15 is 0 Å². The first-order valence-corrected chi connectivity index (χ1v) is 19.8. The van der Waals surface area contributed by atoms with Crippen LogP contribution in [-0.2, 0) is 23.9 Å². The van der Waals surface area contributed by atoms with Gasteiger partial charge in [0.2, 0.25) is 0 Å². The average molecular weight is 685 g/mol. The predicted molar refractivity (Wildman–Crippen MR) is 196 cm³/mol. The summed E-state index contributed by atoms with van der Waals surface area (Å²) < 4.78 is 5.30. The van der Waals surface area contributed by atoms with Crippen molar-refractivity contribution in [2.75, 3.05) is 0 Å². The summed E-state index contributed by atoms with van der Waals surface area (Å²) >= 11 is 0. The highest BCUT2D eigenvalue weighted by atomic mass is 16.6. The molecule has 284 valence electrons. The smallest absolute Gasteiger partial charge is 0.306 e. The number of unbranched alkanes of at least 4 members (excludes halogenated alkanes) is 26. The molecule has 0 aliphatic rings. The molecular formula is C40H76O8. The zero-order chi connectivity index (χ0) is 36.1. The molecule has 0 bridgehead atoms. The van der Waals surface area contributed by atoms with Crippen LogP contribution in [0.2, 0.25) is 0 Å². The van der Waals surface area contributed by atoms with Gasteiger partial charge >= 0.3 is 23.9 Å². The Bertz CT molecular complexity index is 731. The third-order valence-electron chi connectivity index (χ3n) is 8.47. The van der Waals surface area contributed by atoms with Gasteiger partial charge < -0.3 is 20.1 Å². The van der Waals surface area contributed by atoms with Gasteiger partial charge in [-0.15, -0.1) is 0 Å². The van der Waals surface area contributed by atoms with Crippen LogP contribution in [0.1, 0.15) is 226 Å². The first kappa shape index (κ1) is 48.0. The molecule has 0 fully saturated rings. The highest BCUT2D eigenvalue weighted by molar-refractivity contribution is 5.69. The second-order valence-electron chi connectivity index (χ2n) is 14.7. The lowest BCUT2D eigenvalue weighted by Gasteiger charge is -2.19. The minimum Gasteiger partial charge on any atom is -0.481 e. The van der Waals surface area contributed by atoms with E-state index in [1.165, 1.54) is 128 Å². The summed E-state index contributed by atoms with van der Waals surface area (Å²) in [7, 11) is 0. The molecule has 0 aromatic carbocycles. The minimum absolute atomic E-state index is 0.0700. The molecule has 0 saturated carbocycles. The van der Waals surface area contributed by atoms with Gasteiger partial charge in [0.05, 0.1) is 0 Å². The lowest BCUT2D eigenvalue weighted by molar-refractivity contribution is -0.155. The quantitative estimate of drug-likeness (QED) is 0.0449. The maximum absolute atomic E-state index is 11.6. The lowest BCUT2D eigenvalue weighted by atomic mass is 10.0. The lowest BCUT2D eigenvalue weighted by Crippen LogP contribution is -2.23. The van der Waals surface area contributed by atoms with Gasteiger partial charge in [0.25, 0.3) is 0 Å². The van der Waals surface area contributed by atoms with Gasteiger partial charge in [0.15, 0.2) is 0 Å². The summed E-state index contributed by atoms with van der Waals surface area (Å²) in [5.41, 5.74) is -0.364. The second kappa shape index (κ2) is 36.2. The minimum atomic E-state index is -0.679.